The summed E-state index contributed by atoms with van der Waals surface area (Å²) in [5.41, 5.74) is 11.2. The number of methoxy groups -OCH3 is 2. The van der Waals surface area contributed by atoms with Crippen LogP contribution >= 0.6 is 0 Å². The fraction of sp³-hybridized carbons (Fsp3) is 0.375. The summed E-state index contributed by atoms with van der Waals surface area (Å²) in [6.45, 7) is 2.50. The molecule has 10 nitrogen and oxygen atoms in total. The maximum absolute atomic E-state index is 12.6. The van der Waals surface area contributed by atoms with Crippen molar-refractivity contribution in [2.24, 2.45) is 5.73 Å². The summed E-state index contributed by atoms with van der Waals surface area (Å²) < 4.78 is 17.0. The summed E-state index contributed by atoms with van der Waals surface area (Å²) >= 11 is 0. The number of hydrogen-bond donors (Lipinski definition) is 3. The highest BCUT2D eigenvalue weighted by Gasteiger charge is 2.22. The molecule has 4 aromatic rings. The number of fused-ring (bicyclic) bond motifs is 1. The number of aliphatic hydroxyl groups excluding tert-OH is 1. The minimum absolute atomic E-state index is 0.0838. The van der Waals surface area contributed by atoms with Crippen molar-refractivity contribution in [1.82, 2.24) is 15.0 Å². The third-order valence-corrected chi connectivity index (χ3v) is 7.68. The van der Waals surface area contributed by atoms with Gasteiger partial charge in [0, 0.05) is 29.0 Å². The second kappa shape index (κ2) is 13.0. The standard InChI is InChI=1S/C32H37N5O5/c1-4-5-10-42-28-15-24-27(14-23(28)25-16-35-32(41-3)37-31(25)40-2)34-17-26(30(33)39)29(24)36-22-12-19(18-38)11-21(13-22)20-8-6-7-9-20/h11-17,20,38H,4-10,18H2,1-3H3,(H2,33,39)(H,34,36). The summed E-state index contributed by atoms with van der Waals surface area (Å²) in [5, 5.41) is 14.1. The van der Waals surface area contributed by atoms with Crippen LogP contribution in [0.15, 0.2) is 42.7 Å². The number of nitrogens with one attached hydrogen (secondary N) is 1. The highest BCUT2D eigenvalue weighted by molar-refractivity contribution is 6.08. The number of nitrogens with zero attached hydrogens (tertiary/aromatic N) is 3. The second-order valence-electron chi connectivity index (χ2n) is 10.5. The van der Waals surface area contributed by atoms with Crippen molar-refractivity contribution in [3.63, 3.8) is 0 Å². The van der Waals surface area contributed by atoms with E-state index in [0.29, 0.717) is 51.9 Å². The molecule has 1 amide bonds. The molecule has 1 aliphatic carbocycles. The Bertz CT molecular complexity index is 1590. The number of unbranched alkanes of at least 4 members (excludes halogenated alkanes) is 1. The van der Waals surface area contributed by atoms with Crippen molar-refractivity contribution in [3.8, 4) is 28.8 Å². The minimum atomic E-state index is -0.607. The van der Waals surface area contributed by atoms with Gasteiger partial charge in [0.1, 0.15) is 5.75 Å². The average molecular weight is 572 g/mol. The zero-order valence-electron chi connectivity index (χ0n) is 24.3. The summed E-state index contributed by atoms with van der Waals surface area (Å²) in [6, 6.07) is 9.97. The Morgan fingerprint density at radius 1 is 1.05 bits per heavy atom. The molecule has 1 aliphatic rings. The summed E-state index contributed by atoms with van der Waals surface area (Å²) in [5.74, 6) is 0.729. The number of rotatable bonds is 12. The molecule has 5 rings (SSSR count). The Hall–Kier alpha value is -4.44. The van der Waals surface area contributed by atoms with Gasteiger partial charge < -0.3 is 30.4 Å². The molecule has 0 spiro atoms. The maximum Gasteiger partial charge on any atom is 0.319 e. The summed E-state index contributed by atoms with van der Waals surface area (Å²) in [6.07, 6.45) is 9.57. The van der Waals surface area contributed by atoms with Gasteiger partial charge in [-0.1, -0.05) is 32.3 Å². The van der Waals surface area contributed by atoms with Gasteiger partial charge in [0.15, 0.2) is 0 Å². The van der Waals surface area contributed by atoms with E-state index in [1.807, 2.05) is 18.2 Å². The van der Waals surface area contributed by atoms with Crippen LogP contribution in [-0.4, -0.2) is 46.8 Å². The zero-order valence-corrected chi connectivity index (χ0v) is 24.3. The molecular weight excluding hydrogens is 534 g/mol. The quantitative estimate of drug-likeness (QED) is 0.178. The number of nitrogens with two attached hydrogens (primary N) is 1. The number of anilines is 2. The van der Waals surface area contributed by atoms with Crippen LogP contribution in [0.25, 0.3) is 22.0 Å². The number of ether oxygens (including phenoxy) is 3. The summed E-state index contributed by atoms with van der Waals surface area (Å²) in [7, 11) is 3.02. The first-order chi connectivity index (χ1) is 20.4. The first kappa shape index (κ1) is 29.1. The van der Waals surface area contributed by atoms with Gasteiger partial charge in [-0.05, 0) is 60.6 Å². The van der Waals surface area contributed by atoms with E-state index >= 15 is 0 Å². The lowest BCUT2D eigenvalue weighted by atomic mass is 9.95. The molecule has 0 saturated heterocycles. The number of carbonyl (C=O) groups is 1. The Labute approximate surface area is 245 Å². The molecule has 42 heavy (non-hydrogen) atoms. The predicted molar refractivity (Wildman–Crippen MR) is 162 cm³/mol. The number of aliphatic hydroxyl groups is 1. The lowest BCUT2D eigenvalue weighted by Gasteiger charge is -2.19. The van der Waals surface area contributed by atoms with E-state index in [-0.39, 0.29) is 18.2 Å². The SMILES string of the molecule is CCCCOc1cc2c(Nc3cc(CO)cc(C4CCCC4)c3)c(C(N)=O)cnc2cc1-c1cnc(OC)nc1OC. The van der Waals surface area contributed by atoms with Gasteiger partial charge in [-0.15, -0.1) is 0 Å². The summed E-state index contributed by atoms with van der Waals surface area (Å²) in [4.78, 5) is 25.8. The highest BCUT2D eigenvalue weighted by Crippen LogP contribution is 2.42. The monoisotopic (exact) mass is 571 g/mol. The van der Waals surface area contributed by atoms with Crippen LogP contribution in [0.1, 0.15) is 72.9 Å². The molecular formula is C32H37N5O5. The lowest BCUT2D eigenvalue weighted by Crippen LogP contribution is -2.14. The number of pyridine rings is 1. The van der Waals surface area contributed by atoms with Crippen LogP contribution in [-0.2, 0) is 6.61 Å². The van der Waals surface area contributed by atoms with Gasteiger partial charge in [0.05, 0.1) is 49.8 Å². The van der Waals surface area contributed by atoms with Gasteiger partial charge in [-0.2, -0.15) is 4.98 Å². The molecule has 10 heteroatoms. The van der Waals surface area contributed by atoms with Crippen molar-refractivity contribution < 1.29 is 24.1 Å². The third-order valence-electron chi connectivity index (χ3n) is 7.68. The first-order valence-electron chi connectivity index (χ1n) is 14.3. The molecule has 1 fully saturated rings. The molecule has 2 heterocycles. The molecule has 4 N–H and O–H groups in total. The molecule has 0 bridgehead atoms. The fourth-order valence-corrected chi connectivity index (χ4v) is 5.51. The van der Waals surface area contributed by atoms with Crippen LogP contribution in [0, 0.1) is 0 Å². The molecule has 0 atom stereocenters. The minimum Gasteiger partial charge on any atom is -0.493 e. The van der Waals surface area contributed by atoms with Crippen molar-refractivity contribution >= 4 is 28.2 Å². The molecule has 2 aromatic heterocycles. The topological polar surface area (TPSA) is 142 Å². The van der Waals surface area contributed by atoms with E-state index < -0.39 is 5.91 Å². The smallest absolute Gasteiger partial charge is 0.319 e. The number of carbonyl (C=O) groups excluding carboxylic acids is 1. The van der Waals surface area contributed by atoms with Crippen LogP contribution in [0.4, 0.5) is 11.4 Å². The van der Waals surface area contributed by atoms with E-state index in [9.17, 15) is 9.90 Å². The van der Waals surface area contributed by atoms with E-state index in [1.165, 1.54) is 38.8 Å². The van der Waals surface area contributed by atoms with Gasteiger partial charge in [0.25, 0.3) is 5.91 Å². The van der Waals surface area contributed by atoms with E-state index in [0.717, 1.165) is 36.9 Å². The van der Waals surface area contributed by atoms with Gasteiger partial charge >= 0.3 is 6.01 Å². The fourth-order valence-electron chi connectivity index (χ4n) is 5.51. The normalized spacial score (nSPS) is 13.3. The van der Waals surface area contributed by atoms with Crippen molar-refractivity contribution in [1.29, 1.82) is 0 Å². The Morgan fingerprint density at radius 3 is 2.55 bits per heavy atom. The van der Waals surface area contributed by atoms with Crippen LogP contribution in [0.3, 0.4) is 0 Å². The Kier molecular flexibility index (Phi) is 9.02. The van der Waals surface area contributed by atoms with Crippen LogP contribution < -0.4 is 25.3 Å². The van der Waals surface area contributed by atoms with Crippen LogP contribution in [0.2, 0.25) is 0 Å². The number of primary amides is 1. The molecule has 0 unspecified atom stereocenters. The zero-order chi connectivity index (χ0) is 29.6. The third kappa shape index (κ3) is 6.08. The largest absolute Gasteiger partial charge is 0.493 e. The number of amides is 1. The van der Waals surface area contributed by atoms with Gasteiger partial charge in [-0.25, -0.2) is 4.98 Å². The Balaban J connectivity index is 1.67. The average Bonchev–Trinajstić information content (AvgIpc) is 3.56. The molecule has 0 radical (unpaired) electrons. The van der Waals surface area contributed by atoms with Crippen molar-refractivity contribution in [3.05, 3.63) is 59.4 Å². The van der Waals surface area contributed by atoms with Crippen molar-refractivity contribution in [2.75, 3.05) is 26.1 Å². The van der Waals surface area contributed by atoms with E-state index in [1.54, 1.807) is 6.20 Å². The molecule has 1 saturated carbocycles. The van der Waals surface area contributed by atoms with E-state index in [4.69, 9.17) is 19.9 Å². The number of benzene rings is 2. The Morgan fingerprint density at radius 2 is 1.86 bits per heavy atom. The highest BCUT2D eigenvalue weighted by atomic mass is 16.5. The molecule has 220 valence electrons. The van der Waals surface area contributed by atoms with E-state index in [2.05, 4.69) is 39.3 Å². The number of aromatic nitrogens is 3. The molecule has 2 aromatic carbocycles. The van der Waals surface area contributed by atoms with Gasteiger partial charge in [-0.3, -0.25) is 9.78 Å². The van der Waals surface area contributed by atoms with Gasteiger partial charge in [0.2, 0.25) is 5.88 Å². The van der Waals surface area contributed by atoms with Crippen molar-refractivity contribution in [2.45, 2.75) is 58.0 Å². The first-order valence-corrected chi connectivity index (χ1v) is 14.3. The van der Waals surface area contributed by atoms with Crippen LogP contribution in [0.5, 0.6) is 17.6 Å². The lowest BCUT2D eigenvalue weighted by molar-refractivity contribution is 0.100. The second-order valence-corrected chi connectivity index (χ2v) is 10.5. The molecule has 0 aliphatic heterocycles. The maximum atomic E-state index is 12.6. The predicted octanol–water partition coefficient (Wildman–Crippen LogP) is 5.88. The number of hydrogen-bond acceptors (Lipinski definition) is 9.